The average Bonchev–Trinajstić information content (AvgIpc) is 2.97. The van der Waals surface area contributed by atoms with Gasteiger partial charge in [0, 0.05) is 6.04 Å². The molecular weight excluding hydrogens is 206 g/mol. The van der Waals surface area contributed by atoms with E-state index < -0.39 is 0 Å². The van der Waals surface area contributed by atoms with Crippen LogP contribution in [0.3, 0.4) is 0 Å². The van der Waals surface area contributed by atoms with Gasteiger partial charge in [-0.2, -0.15) is 4.98 Å². The van der Waals surface area contributed by atoms with Crippen LogP contribution >= 0.6 is 0 Å². The van der Waals surface area contributed by atoms with Crippen LogP contribution in [-0.4, -0.2) is 39.1 Å². The third-order valence-electron chi connectivity index (χ3n) is 2.77. The number of nitrogens with zero attached hydrogens (tertiary/aromatic N) is 3. The van der Waals surface area contributed by atoms with Gasteiger partial charge >= 0.3 is 0 Å². The number of hydrogen-bond acceptors (Lipinski definition) is 5. The quantitative estimate of drug-likeness (QED) is 0.785. The Kier molecular flexibility index (Phi) is 2.41. The van der Waals surface area contributed by atoms with Crippen LogP contribution in [0.4, 0.5) is 0 Å². The molecule has 2 aromatic rings. The van der Waals surface area contributed by atoms with E-state index in [1.165, 1.54) is 12.7 Å². The second-order valence-electron chi connectivity index (χ2n) is 3.88. The van der Waals surface area contributed by atoms with Crippen molar-refractivity contribution in [3.05, 3.63) is 12.7 Å². The van der Waals surface area contributed by atoms with Gasteiger partial charge in [0.15, 0.2) is 5.65 Å². The molecule has 0 amide bonds. The molecule has 0 radical (unpaired) electrons. The van der Waals surface area contributed by atoms with Gasteiger partial charge in [0.05, 0.1) is 6.33 Å². The monoisotopic (exact) mass is 219 g/mol. The van der Waals surface area contributed by atoms with Crippen LogP contribution < -0.4 is 10.1 Å². The van der Waals surface area contributed by atoms with Gasteiger partial charge in [0.25, 0.3) is 0 Å². The fourth-order valence-electron chi connectivity index (χ4n) is 1.93. The molecule has 0 aliphatic carbocycles. The summed E-state index contributed by atoms with van der Waals surface area (Å²) < 4.78 is 5.68. The Labute approximate surface area is 92.5 Å². The zero-order valence-corrected chi connectivity index (χ0v) is 8.81. The largest absolute Gasteiger partial charge is 0.474 e. The zero-order chi connectivity index (χ0) is 10.8. The zero-order valence-electron chi connectivity index (χ0n) is 8.81. The first-order chi connectivity index (χ1) is 7.93. The van der Waals surface area contributed by atoms with E-state index in [-0.39, 0.29) is 0 Å². The number of H-pyrrole nitrogens is 1. The summed E-state index contributed by atoms with van der Waals surface area (Å²) in [7, 11) is 0. The molecule has 6 heteroatoms. The fraction of sp³-hybridized carbons (Fsp3) is 0.500. The van der Waals surface area contributed by atoms with Crippen molar-refractivity contribution < 1.29 is 4.74 Å². The molecule has 1 aliphatic rings. The fourth-order valence-corrected chi connectivity index (χ4v) is 1.93. The van der Waals surface area contributed by atoms with E-state index >= 15 is 0 Å². The first-order valence-electron chi connectivity index (χ1n) is 5.44. The van der Waals surface area contributed by atoms with Gasteiger partial charge in [0.2, 0.25) is 5.88 Å². The van der Waals surface area contributed by atoms with Crippen LogP contribution in [0.15, 0.2) is 12.7 Å². The summed E-state index contributed by atoms with van der Waals surface area (Å²) in [5, 5.41) is 3.37. The Morgan fingerprint density at radius 1 is 1.38 bits per heavy atom. The molecule has 1 atom stereocenters. The molecule has 3 rings (SSSR count). The SMILES string of the molecule is c1nc(OCC2CCCN2)c2[nH]cnc2n1. The predicted molar refractivity (Wildman–Crippen MR) is 58.2 cm³/mol. The smallest absolute Gasteiger partial charge is 0.243 e. The topological polar surface area (TPSA) is 75.7 Å². The number of imidazole rings is 1. The van der Waals surface area contributed by atoms with Gasteiger partial charge in [-0.1, -0.05) is 0 Å². The van der Waals surface area contributed by atoms with Crippen LogP contribution in [-0.2, 0) is 0 Å². The highest BCUT2D eigenvalue weighted by Gasteiger charge is 2.15. The lowest BCUT2D eigenvalue weighted by molar-refractivity contribution is 0.270. The summed E-state index contributed by atoms with van der Waals surface area (Å²) in [5.41, 5.74) is 1.41. The number of fused-ring (bicyclic) bond motifs is 1. The predicted octanol–water partition coefficient (Wildman–Crippen LogP) is 0.484. The Balaban J connectivity index is 1.75. The van der Waals surface area contributed by atoms with Gasteiger partial charge in [-0.25, -0.2) is 9.97 Å². The van der Waals surface area contributed by atoms with Crippen molar-refractivity contribution >= 4 is 11.2 Å². The first kappa shape index (κ1) is 9.53. The van der Waals surface area contributed by atoms with E-state index in [9.17, 15) is 0 Å². The van der Waals surface area contributed by atoms with Crippen LogP contribution in [0.5, 0.6) is 5.88 Å². The molecule has 6 nitrogen and oxygen atoms in total. The molecule has 1 fully saturated rings. The third-order valence-corrected chi connectivity index (χ3v) is 2.77. The Morgan fingerprint density at radius 3 is 3.25 bits per heavy atom. The minimum Gasteiger partial charge on any atom is -0.474 e. The summed E-state index contributed by atoms with van der Waals surface area (Å²) in [6.45, 7) is 1.72. The number of aromatic amines is 1. The lowest BCUT2D eigenvalue weighted by Gasteiger charge is -2.11. The third kappa shape index (κ3) is 1.71. The van der Waals surface area contributed by atoms with E-state index in [4.69, 9.17) is 4.74 Å². The molecule has 2 N–H and O–H groups in total. The van der Waals surface area contributed by atoms with Gasteiger partial charge in [-0.15, -0.1) is 0 Å². The van der Waals surface area contributed by atoms with Crippen molar-refractivity contribution in [1.29, 1.82) is 0 Å². The molecule has 1 unspecified atom stereocenters. The molecule has 16 heavy (non-hydrogen) atoms. The average molecular weight is 219 g/mol. The maximum Gasteiger partial charge on any atom is 0.243 e. The number of ether oxygens (including phenoxy) is 1. The van der Waals surface area contributed by atoms with Crippen LogP contribution in [0.1, 0.15) is 12.8 Å². The Bertz CT molecular complexity index is 477. The summed E-state index contributed by atoms with van der Waals surface area (Å²) in [6.07, 6.45) is 5.45. The van der Waals surface area contributed by atoms with Crippen molar-refractivity contribution in [1.82, 2.24) is 25.3 Å². The Hall–Kier alpha value is -1.69. The van der Waals surface area contributed by atoms with Crippen molar-refractivity contribution in [3.63, 3.8) is 0 Å². The molecule has 0 aromatic carbocycles. The molecule has 0 spiro atoms. The van der Waals surface area contributed by atoms with Gasteiger partial charge in [-0.3, -0.25) is 0 Å². The second kappa shape index (κ2) is 4.05. The van der Waals surface area contributed by atoms with Crippen molar-refractivity contribution in [2.24, 2.45) is 0 Å². The lowest BCUT2D eigenvalue weighted by atomic mass is 10.2. The minimum atomic E-state index is 0.438. The molecular formula is C10H13N5O. The van der Waals surface area contributed by atoms with E-state index in [0.717, 1.165) is 18.5 Å². The summed E-state index contributed by atoms with van der Waals surface area (Å²) >= 11 is 0. The van der Waals surface area contributed by atoms with Gasteiger partial charge in [-0.05, 0) is 19.4 Å². The van der Waals surface area contributed by atoms with Crippen LogP contribution in [0, 0.1) is 0 Å². The highest BCUT2D eigenvalue weighted by molar-refractivity contribution is 5.74. The molecule has 3 heterocycles. The van der Waals surface area contributed by atoms with Gasteiger partial charge < -0.3 is 15.0 Å². The van der Waals surface area contributed by atoms with Crippen molar-refractivity contribution in [2.75, 3.05) is 13.2 Å². The standard InChI is InChI=1S/C10H13N5O/c1-2-7(11-3-1)4-16-10-8-9(13-5-12-8)14-6-15-10/h5-7,11H,1-4H2,(H,12,13,14,15). The highest BCUT2D eigenvalue weighted by atomic mass is 16.5. The van der Waals surface area contributed by atoms with E-state index in [2.05, 4.69) is 25.3 Å². The minimum absolute atomic E-state index is 0.438. The number of rotatable bonds is 3. The van der Waals surface area contributed by atoms with Gasteiger partial charge in [0.1, 0.15) is 18.5 Å². The normalized spacial score (nSPS) is 20.4. The molecule has 0 saturated carbocycles. The molecule has 1 aliphatic heterocycles. The summed E-state index contributed by atoms with van der Waals surface area (Å²) in [4.78, 5) is 15.2. The maximum atomic E-state index is 5.68. The molecule has 84 valence electrons. The summed E-state index contributed by atoms with van der Waals surface area (Å²) in [6, 6.07) is 0.438. The molecule has 0 bridgehead atoms. The van der Waals surface area contributed by atoms with Crippen LogP contribution in [0.25, 0.3) is 11.2 Å². The van der Waals surface area contributed by atoms with Crippen LogP contribution in [0.2, 0.25) is 0 Å². The second-order valence-corrected chi connectivity index (χ2v) is 3.88. The lowest BCUT2D eigenvalue weighted by Crippen LogP contribution is -2.28. The van der Waals surface area contributed by atoms with Crippen molar-refractivity contribution in [3.8, 4) is 5.88 Å². The van der Waals surface area contributed by atoms with E-state index in [0.29, 0.717) is 24.2 Å². The molecule has 2 aromatic heterocycles. The van der Waals surface area contributed by atoms with Crippen molar-refractivity contribution in [2.45, 2.75) is 18.9 Å². The summed E-state index contributed by atoms with van der Waals surface area (Å²) in [5.74, 6) is 0.580. The maximum absolute atomic E-state index is 5.68. The van der Waals surface area contributed by atoms with E-state index in [1.54, 1.807) is 6.33 Å². The number of nitrogens with one attached hydrogen (secondary N) is 2. The van der Waals surface area contributed by atoms with E-state index in [1.807, 2.05) is 0 Å². The number of aromatic nitrogens is 4. The highest BCUT2D eigenvalue weighted by Crippen LogP contribution is 2.17. The Morgan fingerprint density at radius 2 is 2.38 bits per heavy atom. The number of hydrogen-bond donors (Lipinski definition) is 2. The first-order valence-corrected chi connectivity index (χ1v) is 5.44. The molecule has 1 saturated heterocycles.